The van der Waals surface area contributed by atoms with Crippen molar-refractivity contribution in [1.29, 1.82) is 0 Å². The highest BCUT2D eigenvalue weighted by molar-refractivity contribution is 5.76. The fourth-order valence-corrected chi connectivity index (χ4v) is 2.88. The highest BCUT2D eigenvalue weighted by atomic mass is 19.1. The summed E-state index contributed by atoms with van der Waals surface area (Å²) in [7, 11) is 0. The quantitative estimate of drug-likeness (QED) is 0.732. The van der Waals surface area contributed by atoms with Gasteiger partial charge in [0.15, 0.2) is 0 Å². The number of halogens is 1. The highest BCUT2D eigenvalue weighted by Crippen LogP contribution is 2.11. The topological polar surface area (TPSA) is 81.8 Å². The second-order valence-corrected chi connectivity index (χ2v) is 6.76. The summed E-state index contributed by atoms with van der Waals surface area (Å²) in [5.41, 5.74) is 3.16. The Morgan fingerprint density at radius 2 is 1.82 bits per heavy atom. The van der Waals surface area contributed by atoms with Gasteiger partial charge in [0, 0.05) is 23.5 Å². The average Bonchev–Trinajstić information content (AvgIpc) is 2.99. The van der Waals surface area contributed by atoms with Gasteiger partial charge in [-0.3, -0.25) is 14.2 Å². The van der Waals surface area contributed by atoms with Crippen LogP contribution in [-0.2, 0) is 17.9 Å². The van der Waals surface area contributed by atoms with Gasteiger partial charge in [0.1, 0.15) is 12.4 Å². The summed E-state index contributed by atoms with van der Waals surface area (Å²) in [6, 6.07) is 7.74. The van der Waals surface area contributed by atoms with Crippen molar-refractivity contribution in [1.82, 2.24) is 24.6 Å². The molecule has 28 heavy (non-hydrogen) atoms. The summed E-state index contributed by atoms with van der Waals surface area (Å²) in [5.74, 6) is -0.382. The number of hydrogen-bond donors (Lipinski definition) is 1. The maximum Gasteiger partial charge on any atom is 0.258 e. The predicted octanol–water partition coefficient (Wildman–Crippen LogP) is 2.12. The maximum absolute atomic E-state index is 13.0. The van der Waals surface area contributed by atoms with Crippen molar-refractivity contribution in [2.24, 2.45) is 0 Å². The SMILES string of the molecule is Cc1cc(C)n(-c2nc(C)c(C)c(=O)n2CC(=O)NCc2ccc(F)cc2)n1. The first-order chi connectivity index (χ1) is 13.3. The molecule has 1 amide bonds. The number of aryl methyl sites for hydroxylation is 3. The Hall–Kier alpha value is -3.29. The zero-order chi connectivity index (χ0) is 20.4. The Balaban J connectivity index is 1.89. The molecule has 0 bridgehead atoms. The molecule has 3 aromatic rings. The first kappa shape index (κ1) is 19.5. The third-order valence-corrected chi connectivity index (χ3v) is 4.52. The molecule has 1 aromatic carbocycles. The van der Waals surface area contributed by atoms with E-state index in [0.717, 1.165) is 17.0 Å². The molecule has 2 aromatic heterocycles. The second-order valence-electron chi connectivity index (χ2n) is 6.76. The van der Waals surface area contributed by atoms with E-state index < -0.39 is 0 Å². The van der Waals surface area contributed by atoms with Crippen LogP contribution in [-0.4, -0.2) is 25.2 Å². The molecule has 0 aliphatic carbocycles. The number of nitrogens with zero attached hydrogens (tertiary/aromatic N) is 4. The molecule has 0 saturated heterocycles. The van der Waals surface area contributed by atoms with Gasteiger partial charge in [-0.25, -0.2) is 14.1 Å². The highest BCUT2D eigenvalue weighted by Gasteiger charge is 2.17. The largest absolute Gasteiger partial charge is 0.350 e. The lowest BCUT2D eigenvalue weighted by atomic mass is 10.2. The summed E-state index contributed by atoms with van der Waals surface area (Å²) in [4.78, 5) is 29.8. The number of rotatable bonds is 5. The minimum atomic E-state index is -0.348. The first-order valence-electron chi connectivity index (χ1n) is 8.89. The average molecular weight is 383 g/mol. The van der Waals surface area contributed by atoms with E-state index in [1.807, 2.05) is 19.9 Å². The van der Waals surface area contributed by atoms with Crippen molar-refractivity contribution in [2.45, 2.75) is 40.8 Å². The van der Waals surface area contributed by atoms with Crippen LogP contribution in [0.1, 0.15) is 28.2 Å². The van der Waals surface area contributed by atoms with Gasteiger partial charge >= 0.3 is 0 Å². The standard InChI is InChI=1S/C20H22FN5O2/c1-12-9-13(2)26(24-12)20-23-15(4)14(3)19(28)25(20)11-18(27)22-10-16-5-7-17(21)8-6-16/h5-9H,10-11H2,1-4H3,(H,22,27). The van der Waals surface area contributed by atoms with E-state index in [1.165, 1.54) is 16.7 Å². The van der Waals surface area contributed by atoms with Crippen molar-refractivity contribution in [2.75, 3.05) is 0 Å². The van der Waals surface area contributed by atoms with Gasteiger partial charge in [-0.1, -0.05) is 12.1 Å². The van der Waals surface area contributed by atoms with E-state index >= 15 is 0 Å². The number of amides is 1. The van der Waals surface area contributed by atoms with Crippen molar-refractivity contribution in [3.8, 4) is 5.95 Å². The van der Waals surface area contributed by atoms with E-state index in [2.05, 4.69) is 15.4 Å². The van der Waals surface area contributed by atoms with Crippen LogP contribution < -0.4 is 10.9 Å². The molecule has 0 spiro atoms. The third-order valence-electron chi connectivity index (χ3n) is 4.52. The van der Waals surface area contributed by atoms with Crippen molar-refractivity contribution in [3.05, 3.63) is 74.7 Å². The number of aromatic nitrogens is 4. The second kappa shape index (κ2) is 7.75. The lowest BCUT2D eigenvalue weighted by Crippen LogP contribution is -2.36. The molecule has 0 saturated carbocycles. The minimum absolute atomic E-state index is 0.193. The van der Waals surface area contributed by atoms with E-state index in [-0.39, 0.29) is 30.4 Å². The number of carbonyl (C=O) groups excluding carboxylic acids is 1. The molecule has 0 fully saturated rings. The van der Waals surface area contributed by atoms with E-state index in [1.54, 1.807) is 30.7 Å². The molecular formula is C20H22FN5O2. The number of nitrogens with one attached hydrogen (secondary N) is 1. The van der Waals surface area contributed by atoms with Crippen LogP contribution in [0.4, 0.5) is 4.39 Å². The van der Waals surface area contributed by atoms with Crippen molar-refractivity contribution in [3.63, 3.8) is 0 Å². The molecule has 3 rings (SSSR count). The Morgan fingerprint density at radius 1 is 1.14 bits per heavy atom. The molecule has 0 aliphatic heterocycles. The maximum atomic E-state index is 13.0. The molecule has 0 radical (unpaired) electrons. The van der Waals surface area contributed by atoms with Crippen LogP contribution in [0.2, 0.25) is 0 Å². The monoisotopic (exact) mass is 383 g/mol. The Morgan fingerprint density at radius 3 is 2.43 bits per heavy atom. The van der Waals surface area contributed by atoms with E-state index in [0.29, 0.717) is 17.2 Å². The van der Waals surface area contributed by atoms with E-state index in [4.69, 9.17) is 0 Å². The zero-order valence-corrected chi connectivity index (χ0v) is 16.3. The molecule has 0 unspecified atom stereocenters. The molecule has 0 aliphatic rings. The van der Waals surface area contributed by atoms with Gasteiger partial charge in [-0.2, -0.15) is 5.10 Å². The summed E-state index contributed by atoms with van der Waals surface area (Å²) in [6.45, 7) is 7.19. The number of carbonyl (C=O) groups is 1. The summed E-state index contributed by atoms with van der Waals surface area (Å²) in [5, 5.41) is 7.14. The summed E-state index contributed by atoms with van der Waals surface area (Å²) >= 11 is 0. The van der Waals surface area contributed by atoms with Crippen molar-refractivity contribution >= 4 is 5.91 Å². The molecule has 1 N–H and O–H groups in total. The number of benzene rings is 1. The minimum Gasteiger partial charge on any atom is -0.350 e. The lowest BCUT2D eigenvalue weighted by molar-refractivity contribution is -0.121. The first-order valence-corrected chi connectivity index (χ1v) is 8.89. The molecule has 7 nitrogen and oxygen atoms in total. The smallest absolute Gasteiger partial charge is 0.258 e. The van der Waals surface area contributed by atoms with Crippen LogP contribution in [0.5, 0.6) is 0 Å². The Labute approximate surface area is 161 Å². The fraction of sp³-hybridized carbons (Fsp3) is 0.300. The molecule has 0 atom stereocenters. The summed E-state index contributed by atoms with van der Waals surface area (Å²) < 4.78 is 15.9. The van der Waals surface area contributed by atoms with Crippen LogP contribution in [0.15, 0.2) is 35.1 Å². The van der Waals surface area contributed by atoms with Gasteiger partial charge in [0.05, 0.1) is 5.69 Å². The van der Waals surface area contributed by atoms with Gasteiger partial charge < -0.3 is 5.32 Å². The molecular weight excluding hydrogens is 361 g/mol. The van der Waals surface area contributed by atoms with Crippen LogP contribution in [0, 0.1) is 33.5 Å². The van der Waals surface area contributed by atoms with Gasteiger partial charge in [0.25, 0.3) is 5.56 Å². The third kappa shape index (κ3) is 4.00. The van der Waals surface area contributed by atoms with Crippen LogP contribution >= 0.6 is 0 Å². The fourth-order valence-electron chi connectivity index (χ4n) is 2.88. The van der Waals surface area contributed by atoms with Crippen LogP contribution in [0.25, 0.3) is 5.95 Å². The van der Waals surface area contributed by atoms with Gasteiger partial charge in [-0.15, -0.1) is 0 Å². The lowest BCUT2D eigenvalue weighted by Gasteiger charge is -2.15. The normalized spacial score (nSPS) is 10.9. The predicted molar refractivity (Wildman–Crippen MR) is 103 cm³/mol. The Kier molecular flexibility index (Phi) is 5.39. The zero-order valence-electron chi connectivity index (χ0n) is 16.3. The van der Waals surface area contributed by atoms with Gasteiger partial charge in [0.2, 0.25) is 11.9 Å². The molecule has 146 valence electrons. The molecule has 8 heteroatoms. The van der Waals surface area contributed by atoms with Crippen LogP contribution in [0.3, 0.4) is 0 Å². The van der Waals surface area contributed by atoms with Gasteiger partial charge in [-0.05, 0) is 51.5 Å². The molecule has 2 heterocycles. The summed E-state index contributed by atoms with van der Waals surface area (Å²) in [6.07, 6.45) is 0. The van der Waals surface area contributed by atoms with E-state index in [9.17, 15) is 14.0 Å². The Bertz CT molecular complexity index is 1080. The van der Waals surface area contributed by atoms with Crippen molar-refractivity contribution < 1.29 is 9.18 Å². The number of hydrogen-bond acceptors (Lipinski definition) is 4.